The van der Waals surface area contributed by atoms with Crippen LogP contribution in [0.15, 0.2) is 57.4 Å². The summed E-state index contributed by atoms with van der Waals surface area (Å²) in [6.07, 6.45) is 2.96. The van der Waals surface area contributed by atoms with E-state index in [-0.39, 0.29) is 17.2 Å². The molecule has 2 heterocycles. The molecule has 1 aliphatic heterocycles. The molecule has 0 bridgehead atoms. The van der Waals surface area contributed by atoms with Crippen molar-refractivity contribution in [1.82, 2.24) is 10.2 Å². The number of carbonyl (C=O) groups excluding carboxylic acids is 2. The minimum absolute atomic E-state index is 0.0377. The standard InChI is InChI=1S/C19H15BrN2O3S/c1-3-8-22-18(24)14(17(23)21-19(22)26)10-12-5-7-16(25-12)13-6-4-11(2)9-15(13)20/h3-7,9-10H,1,8H2,2H3,(H,21,23,26). The molecule has 1 N–H and O–H groups in total. The third-order valence-electron chi connectivity index (χ3n) is 3.80. The molecular formula is C19H15BrN2O3S. The fourth-order valence-corrected chi connectivity index (χ4v) is 3.47. The monoisotopic (exact) mass is 430 g/mol. The molecule has 5 nitrogen and oxygen atoms in total. The van der Waals surface area contributed by atoms with Crippen LogP contribution in [0.5, 0.6) is 0 Å². The number of aryl methyl sites for hydroxylation is 1. The van der Waals surface area contributed by atoms with Crippen molar-refractivity contribution in [3.63, 3.8) is 0 Å². The number of hydrogen-bond donors (Lipinski definition) is 1. The summed E-state index contributed by atoms with van der Waals surface area (Å²) in [7, 11) is 0. The van der Waals surface area contributed by atoms with Gasteiger partial charge in [-0.15, -0.1) is 6.58 Å². The minimum Gasteiger partial charge on any atom is -0.457 e. The number of rotatable bonds is 4. The molecule has 2 amide bonds. The quantitative estimate of drug-likeness (QED) is 0.346. The molecule has 1 aromatic heterocycles. The molecule has 0 unspecified atom stereocenters. The van der Waals surface area contributed by atoms with E-state index in [9.17, 15) is 9.59 Å². The summed E-state index contributed by atoms with van der Waals surface area (Å²) in [5.74, 6) is 0.00565. The van der Waals surface area contributed by atoms with Crippen molar-refractivity contribution in [1.29, 1.82) is 0 Å². The molecule has 1 fully saturated rings. The number of thiocarbonyl (C=S) groups is 1. The van der Waals surface area contributed by atoms with Gasteiger partial charge in [-0.25, -0.2) is 0 Å². The lowest BCUT2D eigenvalue weighted by atomic mass is 10.1. The highest BCUT2D eigenvalue weighted by molar-refractivity contribution is 9.10. The Hall–Kier alpha value is -2.51. The maximum Gasteiger partial charge on any atom is 0.266 e. The Morgan fingerprint density at radius 1 is 1.31 bits per heavy atom. The van der Waals surface area contributed by atoms with Gasteiger partial charge < -0.3 is 4.42 Å². The molecule has 7 heteroatoms. The summed E-state index contributed by atoms with van der Waals surface area (Å²) in [5.41, 5.74) is 1.97. The number of carbonyl (C=O) groups is 2. The fraction of sp³-hybridized carbons (Fsp3) is 0.105. The molecule has 1 aliphatic rings. The Morgan fingerprint density at radius 2 is 2.08 bits per heavy atom. The number of hydrogen-bond acceptors (Lipinski definition) is 4. The van der Waals surface area contributed by atoms with E-state index in [0.29, 0.717) is 11.5 Å². The van der Waals surface area contributed by atoms with E-state index in [0.717, 1.165) is 15.6 Å². The molecular weight excluding hydrogens is 416 g/mol. The number of halogens is 1. The first-order chi connectivity index (χ1) is 12.4. The average molecular weight is 431 g/mol. The van der Waals surface area contributed by atoms with E-state index < -0.39 is 11.8 Å². The largest absolute Gasteiger partial charge is 0.457 e. The Labute approximate surface area is 164 Å². The van der Waals surface area contributed by atoms with Gasteiger partial charge in [-0.3, -0.25) is 19.8 Å². The van der Waals surface area contributed by atoms with E-state index in [4.69, 9.17) is 16.6 Å². The van der Waals surface area contributed by atoms with Crippen LogP contribution in [0.3, 0.4) is 0 Å². The first kappa shape index (κ1) is 18.3. The van der Waals surface area contributed by atoms with Gasteiger partial charge in [0.25, 0.3) is 11.8 Å². The molecule has 1 aromatic carbocycles. The molecule has 2 aromatic rings. The Balaban J connectivity index is 1.93. The van der Waals surface area contributed by atoms with Gasteiger partial charge in [0.2, 0.25) is 0 Å². The van der Waals surface area contributed by atoms with Crippen LogP contribution in [0, 0.1) is 6.92 Å². The highest BCUT2D eigenvalue weighted by Crippen LogP contribution is 2.31. The third kappa shape index (κ3) is 3.54. The molecule has 26 heavy (non-hydrogen) atoms. The lowest BCUT2D eigenvalue weighted by molar-refractivity contribution is -0.128. The maximum atomic E-state index is 12.5. The van der Waals surface area contributed by atoms with Crippen LogP contribution in [0.1, 0.15) is 11.3 Å². The van der Waals surface area contributed by atoms with Gasteiger partial charge in [0.1, 0.15) is 17.1 Å². The maximum absolute atomic E-state index is 12.5. The van der Waals surface area contributed by atoms with Crippen molar-refractivity contribution in [3.8, 4) is 11.3 Å². The minimum atomic E-state index is -0.547. The summed E-state index contributed by atoms with van der Waals surface area (Å²) in [6.45, 7) is 5.81. The van der Waals surface area contributed by atoms with Gasteiger partial charge in [0.05, 0.1) is 0 Å². The van der Waals surface area contributed by atoms with Crippen LogP contribution < -0.4 is 5.32 Å². The van der Waals surface area contributed by atoms with Crippen LogP contribution in [0.2, 0.25) is 0 Å². The molecule has 1 saturated heterocycles. The number of nitrogens with zero attached hydrogens (tertiary/aromatic N) is 1. The van der Waals surface area contributed by atoms with E-state index in [2.05, 4.69) is 27.8 Å². The average Bonchev–Trinajstić information content (AvgIpc) is 3.04. The van der Waals surface area contributed by atoms with Gasteiger partial charge in [0.15, 0.2) is 5.11 Å². The summed E-state index contributed by atoms with van der Waals surface area (Å²) >= 11 is 8.54. The predicted molar refractivity (Wildman–Crippen MR) is 107 cm³/mol. The van der Waals surface area contributed by atoms with Crippen molar-refractivity contribution in [2.45, 2.75) is 6.92 Å². The topological polar surface area (TPSA) is 62.6 Å². The van der Waals surface area contributed by atoms with Gasteiger partial charge in [-0.1, -0.05) is 28.1 Å². The van der Waals surface area contributed by atoms with Gasteiger partial charge >= 0.3 is 0 Å². The second kappa shape index (κ2) is 7.39. The molecule has 0 radical (unpaired) electrons. The van der Waals surface area contributed by atoms with Crippen molar-refractivity contribution >= 4 is 51.2 Å². The molecule has 132 valence electrons. The van der Waals surface area contributed by atoms with Crippen LogP contribution in [0.25, 0.3) is 17.4 Å². The van der Waals surface area contributed by atoms with E-state index >= 15 is 0 Å². The first-order valence-corrected chi connectivity index (χ1v) is 8.97. The second-order valence-corrected chi connectivity index (χ2v) is 6.95. The fourth-order valence-electron chi connectivity index (χ4n) is 2.53. The van der Waals surface area contributed by atoms with Crippen LogP contribution in [-0.2, 0) is 9.59 Å². The molecule has 0 aliphatic carbocycles. The van der Waals surface area contributed by atoms with E-state index in [1.807, 2.05) is 25.1 Å². The van der Waals surface area contributed by atoms with Crippen molar-refractivity contribution in [2.24, 2.45) is 0 Å². The van der Waals surface area contributed by atoms with Crippen molar-refractivity contribution in [2.75, 3.05) is 6.54 Å². The van der Waals surface area contributed by atoms with E-state index in [1.54, 1.807) is 18.2 Å². The predicted octanol–water partition coefficient (Wildman–Crippen LogP) is 3.83. The number of furan rings is 1. The smallest absolute Gasteiger partial charge is 0.266 e. The van der Waals surface area contributed by atoms with E-state index in [1.165, 1.54) is 11.0 Å². The van der Waals surface area contributed by atoms with Gasteiger partial charge in [-0.05, 0) is 55.0 Å². The highest BCUT2D eigenvalue weighted by atomic mass is 79.9. The molecule has 0 saturated carbocycles. The van der Waals surface area contributed by atoms with Crippen molar-refractivity contribution in [3.05, 3.63) is 64.4 Å². The normalized spacial score (nSPS) is 16.2. The lowest BCUT2D eigenvalue weighted by Crippen LogP contribution is -2.53. The molecule has 0 spiro atoms. The second-order valence-electron chi connectivity index (χ2n) is 5.71. The number of benzene rings is 1. The number of nitrogens with one attached hydrogen (secondary N) is 1. The zero-order chi connectivity index (χ0) is 18.8. The van der Waals surface area contributed by atoms with Gasteiger partial charge in [0, 0.05) is 16.6 Å². The molecule has 3 rings (SSSR count). The third-order valence-corrected chi connectivity index (χ3v) is 4.78. The zero-order valence-corrected chi connectivity index (χ0v) is 16.3. The van der Waals surface area contributed by atoms with Gasteiger partial charge in [-0.2, -0.15) is 0 Å². The Kier molecular flexibility index (Phi) is 5.20. The summed E-state index contributed by atoms with van der Waals surface area (Å²) < 4.78 is 6.70. The lowest BCUT2D eigenvalue weighted by Gasteiger charge is -2.27. The van der Waals surface area contributed by atoms with Crippen molar-refractivity contribution < 1.29 is 14.0 Å². The summed E-state index contributed by atoms with van der Waals surface area (Å²) in [6, 6.07) is 9.41. The van der Waals surface area contributed by atoms with Crippen LogP contribution >= 0.6 is 28.1 Å². The highest BCUT2D eigenvalue weighted by Gasteiger charge is 2.32. The summed E-state index contributed by atoms with van der Waals surface area (Å²) in [4.78, 5) is 25.9. The Morgan fingerprint density at radius 3 is 2.77 bits per heavy atom. The first-order valence-electron chi connectivity index (χ1n) is 7.77. The summed E-state index contributed by atoms with van der Waals surface area (Å²) in [5, 5.41) is 2.57. The number of amides is 2. The SMILES string of the molecule is C=CCN1C(=O)C(=Cc2ccc(-c3ccc(C)cc3Br)o2)C(=O)NC1=S. The Bertz CT molecular complexity index is 961. The zero-order valence-electron chi connectivity index (χ0n) is 13.9. The van der Waals surface area contributed by atoms with Crippen LogP contribution in [-0.4, -0.2) is 28.4 Å². The van der Waals surface area contributed by atoms with Crippen LogP contribution in [0.4, 0.5) is 0 Å². The molecule has 0 atom stereocenters.